The minimum Gasteiger partial charge on any atom is -0.327 e. The summed E-state index contributed by atoms with van der Waals surface area (Å²) in [5.41, 5.74) is 5.06. The first kappa shape index (κ1) is 5.63. The Kier molecular flexibility index (Phi) is 2.67. The minimum absolute atomic E-state index is 0.220. The largest absolute Gasteiger partial charge is 0.327 e. The molecule has 2 nitrogen and oxygen atoms in total. The van der Waals surface area contributed by atoms with Crippen LogP contribution >= 0.6 is 0 Å². The average molecular weight is 86.1 g/mol. The van der Waals surface area contributed by atoms with Crippen molar-refractivity contribution in [3.8, 4) is 0 Å². The van der Waals surface area contributed by atoms with Gasteiger partial charge in [0, 0.05) is 12.5 Å². The van der Waals surface area contributed by atoms with Crippen molar-refractivity contribution in [2.45, 2.75) is 12.5 Å². The van der Waals surface area contributed by atoms with Crippen LogP contribution in [0.3, 0.4) is 0 Å². The van der Waals surface area contributed by atoms with Crippen LogP contribution in [-0.2, 0) is 4.79 Å². The number of nitrogens with two attached hydrogens (primary N) is 1. The lowest BCUT2D eigenvalue weighted by atomic mass is 10.3. The highest BCUT2D eigenvalue weighted by atomic mass is 16.1. The van der Waals surface area contributed by atoms with E-state index in [1.165, 1.54) is 0 Å². The van der Waals surface area contributed by atoms with E-state index in [0.717, 1.165) is 6.29 Å². The molecule has 1 radical (unpaired) electrons. The number of aldehydes is 1. The standard InChI is InChI=1S/C4H8NO/c1-4(5)2-3-6/h3-4H,1-2,5H2. The van der Waals surface area contributed by atoms with E-state index in [1.54, 1.807) is 0 Å². The van der Waals surface area contributed by atoms with Crippen LogP contribution in [-0.4, -0.2) is 12.3 Å². The van der Waals surface area contributed by atoms with E-state index in [9.17, 15) is 4.79 Å². The van der Waals surface area contributed by atoms with Gasteiger partial charge < -0.3 is 10.5 Å². The van der Waals surface area contributed by atoms with E-state index >= 15 is 0 Å². The quantitative estimate of drug-likeness (QED) is 0.470. The number of hydrogen-bond donors (Lipinski definition) is 1. The van der Waals surface area contributed by atoms with E-state index in [2.05, 4.69) is 6.92 Å². The van der Waals surface area contributed by atoms with Gasteiger partial charge in [-0.3, -0.25) is 0 Å². The topological polar surface area (TPSA) is 43.1 Å². The van der Waals surface area contributed by atoms with Crippen molar-refractivity contribution in [1.29, 1.82) is 0 Å². The van der Waals surface area contributed by atoms with Gasteiger partial charge in [-0.15, -0.1) is 0 Å². The molecule has 0 aromatic carbocycles. The maximum atomic E-state index is 9.50. The molecule has 2 heteroatoms. The molecular weight excluding hydrogens is 78.0 g/mol. The third-order valence-corrected chi connectivity index (χ3v) is 0.399. The van der Waals surface area contributed by atoms with Gasteiger partial charge in [0.15, 0.2) is 0 Å². The zero-order valence-corrected chi connectivity index (χ0v) is 3.55. The fraction of sp³-hybridized carbons (Fsp3) is 0.500. The lowest BCUT2D eigenvalue weighted by Crippen LogP contribution is -2.14. The van der Waals surface area contributed by atoms with Crippen molar-refractivity contribution in [2.24, 2.45) is 5.73 Å². The smallest absolute Gasteiger partial charge is 0.121 e. The second-order valence-corrected chi connectivity index (χ2v) is 1.16. The predicted molar refractivity (Wildman–Crippen MR) is 24.0 cm³/mol. The Hall–Kier alpha value is -0.370. The molecule has 2 N–H and O–H groups in total. The van der Waals surface area contributed by atoms with Crippen LogP contribution in [0.15, 0.2) is 0 Å². The average Bonchev–Trinajstić information content (AvgIpc) is 1.35. The van der Waals surface area contributed by atoms with Crippen LogP contribution in [0.2, 0.25) is 0 Å². The first-order valence-corrected chi connectivity index (χ1v) is 1.79. The first-order chi connectivity index (χ1) is 2.77. The normalized spacial score (nSPS) is 13.7. The Morgan fingerprint density at radius 1 is 2.00 bits per heavy atom. The van der Waals surface area contributed by atoms with Crippen LogP contribution in [0.5, 0.6) is 0 Å². The molecule has 0 amide bonds. The fourth-order valence-electron chi connectivity index (χ4n) is 0.124. The molecular formula is C4H8NO. The van der Waals surface area contributed by atoms with E-state index in [-0.39, 0.29) is 6.04 Å². The van der Waals surface area contributed by atoms with Crippen LogP contribution in [0.4, 0.5) is 0 Å². The third-order valence-electron chi connectivity index (χ3n) is 0.399. The molecule has 1 unspecified atom stereocenters. The van der Waals surface area contributed by atoms with Crippen LogP contribution in [0, 0.1) is 6.92 Å². The lowest BCUT2D eigenvalue weighted by Gasteiger charge is -1.90. The van der Waals surface area contributed by atoms with Gasteiger partial charge in [-0.1, -0.05) is 0 Å². The van der Waals surface area contributed by atoms with Crippen molar-refractivity contribution in [3.05, 3.63) is 6.92 Å². The molecule has 0 aromatic rings. The summed E-state index contributed by atoms with van der Waals surface area (Å²) >= 11 is 0. The molecule has 0 saturated heterocycles. The Morgan fingerprint density at radius 2 is 2.50 bits per heavy atom. The number of rotatable bonds is 2. The molecule has 0 heterocycles. The van der Waals surface area contributed by atoms with E-state index in [0.29, 0.717) is 6.42 Å². The zero-order chi connectivity index (χ0) is 4.99. The maximum absolute atomic E-state index is 9.50. The Bertz CT molecular complexity index is 42.8. The van der Waals surface area contributed by atoms with Gasteiger partial charge in [0.1, 0.15) is 6.29 Å². The Balaban J connectivity index is 2.81. The Morgan fingerprint density at radius 3 is 2.50 bits per heavy atom. The number of carbonyl (C=O) groups is 1. The number of hydrogen-bond acceptors (Lipinski definition) is 2. The highest BCUT2D eigenvalue weighted by Gasteiger charge is 1.86. The summed E-state index contributed by atoms with van der Waals surface area (Å²) in [7, 11) is 0. The molecule has 0 aromatic heterocycles. The summed E-state index contributed by atoms with van der Waals surface area (Å²) in [6.45, 7) is 3.37. The highest BCUT2D eigenvalue weighted by Crippen LogP contribution is 1.74. The Labute approximate surface area is 37.3 Å². The van der Waals surface area contributed by atoms with Crippen molar-refractivity contribution in [2.75, 3.05) is 0 Å². The summed E-state index contributed by atoms with van der Waals surface area (Å²) in [5, 5.41) is 0. The van der Waals surface area contributed by atoms with Crippen molar-refractivity contribution in [1.82, 2.24) is 0 Å². The van der Waals surface area contributed by atoms with Crippen molar-refractivity contribution < 1.29 is 4.79 Å². The fourth-order valence-corrected chi connectivity index (χ4v) is 0.124. The molecule has 0 aliphatic rings. The van der Waals surface area contributed by atoms with E-state index < -0.39 is 0 Å². The second-order valence-electron chi connectivity index (χ2n) is 1.16. The predicted octanol–water partition coefficient (Wildman–Crippen LogP) is -0.263. The number of carbonyl (C=O) groups excluding carboxylic acids is 1. The van der Waals surface area contributed by atoms with Gasteiger partial charge in [0.05, 0.1) is 0 Å². The molecule has 0 aliphatic carbocycles. The molecule has 0 spiro atoms. The van der Waals surface area contributed by atoms with Gasteiger partial charge in [0.2, 0.25) is 0 Å². The van der Waals surface area contributed by atoms with E-state index in [1.807, 2.05) is 0 Å². The molecule has 0 fully saturated rings. The maximum Gasteiger partial charge on any atom is 0.121 e. The van der Waals surface area contributed by atoms with Crippen LogP contribution in [0.1, 0.15) is 6.42 Å². The van der Waals surface area contributed by atoms with Crippen molar-refractivity contribution in [3.63, 3.8) is 0 Å². The molecule has 0 rings (SSSR count). The summed E-state index contributed by atoms with van der Waals surface area (Å²) in [6, 6.07) is -0.220. The van der Waals surface area contributed by atoms with Gasteiger partial charge in [0.25, 0.3) is 0 Å². The van der Waals surface area contributed by atoms with Gasteiger partial charge >= 0.3 is 0 Å². The van der Waals surface area contributed by atoms with Gasteiger partial charge in [-0.25, -0.2) is 0 Å². The second kappa shape index (κ2) is 2.85. The zero-order valence-electron chi connectivity index (χ0n) is 3.55. The monoisotopic (exact) mass is 86.1 g/mol. The lowest BCUT2D eigenvalue weighted by molar-refractivity contribution is -0.107. The van der Waals surface area contributed by atoms with Crippen LogP contribution in [0.25, 0.3) is 0 Å². The van der Waals surface area contributed by atoms with E-state index in [4.69, 9.17) is 5.73 Å². The summed E-state index contributed by atoms with van der Waals surface area (Å²) < 4.78 is 0. The van der Waals surface area contributed by atoms with Gasteiger partial charge in [-0.2, -0.15) is 0 Å². The SMILES string of the molecule is [CH2]C(N)CC=O. The molecule has 0 aliphatic heterocycles. The van der Waals surface area contributed by atoms with Gasteiger partial charge in [-0.05, 0) is 6.92 Å². The summed E-state index contributed by atoms with van der Waals surface area (Å²) in [5.74, 6) is 0. The molecule has 0 saturated carbocycles. The molecule has 0 bridgehead atoms. The molecule has 6 heavy (non-hydrogen) atoms. The van der Waals surface area contributed by atoms with Crippen LogP contribution < -0.4 is 5.73 Å². The third kappa shape index (κ3) is 3.63. The summed E-state index contributed by atoms with van der Waals surface area (Å²) in [4.78, 5) is 9.50. The molecule has 1 atom stereocenters. The highest BCUT2D eigenvalue weighted by molar-refractivity contribution is 5.50. The summed E-state index contributed by atoms with van der Waals surface area (Å²) in [6.07, 6.45) is 1.12. The first-order valence-electron chi connectivity index (χ1n) is 1.79. The van der Waals surface area contributed by atoms with Crippen molar-refractivity contribution >= 4 is 6.29 Å². The molecule has 35 valence electrons. The minimum atomic E-state index is -0.220.